The molecule has 1 aromatic rings. The lowest BCUT2D eigenvalue weighted by atomic mass is 10.00. The summed E-state index contributed by atoms with van der Waals surface area (Å²) in [4.78, 5) is 23.8. The monoisotopic (exact) mass is 358 g/mol. The SMILES string of the molecule is COc1cccc(/C=C/C(=O)OCC(=O)NC2(C#N)CCCC2)c1OC. The van der Waals surface area contributed by atoms with Crippen molar-refractivity contribution in [3.63, 3.8) is 0 Å². The van der Waals surface area contributed by atoms with Crippen LogP contribution in [-0.4, -0.2) is 38.2 Å². The molecule has 0 aliphatic heterocycles. The zero-order valence-corrected chi connectivity index (χ0v) is 14.9. The van der Waals surface area contributed by atoms with Gasteiger partial charge in [-0.25, -0.2) is 4.79 Å². The second-order valence-electron chi connectivity index (χ2n) is 5.97. The molecule has 1 aliphatic rings. The number of para-hydroxylation sites is 1. The largest absolute Gasteiger partial charge is 0.493 e. The Labute approximate surface area is 152 Å². The van der Waals surface area contributed by atoms with Gasteiger partial charge < -0.3 is 19.5 Å². The van der Waals surface area contributed by atoms with Gasteiger partial charge in [-0.3, -0.25) is 4.79 Å². The number of esters is 1. The summed E-state index contributed by atoms with van der Waals surface area (Å²) in [5.41, 5.74) is -0.185. The molecule has 0 unspecified atom stereocenters. The maximum Gasteiger partial charge on any atom is 0.331 e. The van der Waals surface area contributed by atoms with Gasteiger partial charge in [-0.1, -0.05) is 12.1 Å². The molecule has 2 rings (SSSR count). The third-order valence-electron chi connectivity index (χ3n) is 4.23. The van der Waals surface area contributed by atoms with E-state index in [0.717, 1.165) is 12.8 Å². The molecule has 7 nitrogen and oxygen atoms in total. The summed E-state index contributed by atoms with van der Waals surface area (Å²) >= 11 is 0. The molecule has 1 amide bonds. The number of nitrogens with one attached hydrogen (secondary N) is 1. The van der Waals surface area contributed by atoms with Crippen molar-refractivity contribution in [2.24, 2.45) is 0 Å². The third-order valence-corrected chi connectivity index (χ3v) is 4.23. The smallest absolute Gasteiger partial charge is 0.331 e. The van der Waals surface area contributed by atoms with Gasteiger partial charge in [-0.15, -0.1) is 0 Å². The molecule has 138 valence electrons. The van der Waals surface area contributed by atoms with Crippen molar-refractivity contribution >= 4 is 18.0 Å². The summed E-state index contributed by atoms with van der Waals surface area (Å²) in [6, 6.07) is 7.42. The lowest BCUT2D eigenvalue weighted by molar-refractivity contribution is -0.144. The van der Waals surface area contributed by atoms with Crippen LogP contribution in [0.5, 0.6) is 11.5 Å². The minimum absolute atomic E-state index is 0.429. The van der Waals surface area contributed by atoms with Gasteiger partial charge in [0.25, 0.3) is 5.91 Å². The number of benzene rings is 1. The van der Waals surface area contributed by atoms with E-state index in [-0.39, 0.29) is 0 Å². The van der Waals surface area contributed by atoms with Crippen molar-refractivity contribution in [1.29, 1.82) is 5.26 Å². The maximum atomic E-state index is 11.9. The van der Waals surface area contributed by atoms with E-state index in [9.17, 15) is 14.9 Å². The molecular formula is C19H22N2O5. The molecule has 1 saturated carbocycles. The van der Waals surface area contributed by atoms with Gasteiger partial charge in [-0.2, -0.15) is 5.26 Å². The molecule has 1 aliphatic carbocycles. The molecule has 0 spiro atoms. The number of rotatable bonds is 7. The molecule has 1 N–H and O–H groups in total. The Morgan fingerprint density at radius 1 is 1.27 bits per heavy atom. The van der Waals surface area contributed by atoms with Crippen LogP contribution in [0, 0.1) is 11.3 Å². The number of carbonyl (C=O) groups is 2. The predicted molar refractivity (Wildman–Crippen MR) is 94.5 cm³/mol. The lowest BCUT2D eigenvalue weighted by Gasteiger charge is -2.21. The zero-order chi connectivity index (χ0) is 19.0. The number of nitriles is 1. The van der Waals surface area contributed by atoms with Crippen LogP contribution in [0.4, 0.5) is 0 Å². The number of amides is 1. The molecule has 0 radical (unpaired) electrons. The van der Waals surface area contributed by atoms with Gasteiger partial charge in [0.1, 0.15) is 5.54 Å². The Hall–Kier alpha value is -3.01. The Bertz CT molecular complexity index is 730. The van der Waals surface area contributed by atoms with Gasteiger partial charge in [0.05, 0.1) is 20.3 Å². The summed E-state index contributed by atoms with van der Waals surface area (Å²) < 4.78 is 15.4. The van der Waals surface area contributed by atoms with E-state index in [4.69, 9.17) is 14.2 Å². The Morgan fingerprint density at radius 2 is 2.00 bits per heavy atom. The van der Waals surface area contributed by atoms with Crippen LogP contribution in [0.1, 0.15) is 31.2 Å². The predicted octanol–water partition coefficient (Wildman–Crippen LogP) is 2.21. The van der Waals surface area contributed by atoms with Crippen molar-refractivity contribution in [3.8, 4) is 17.6 Å². The van der Waals surface area contributed by atoms with E-state index < -0.39 is 24.0 Å². The van der Waals surface area contributed by atoms with E-state index in [0.29, 0.717) is 29.9 Å². The van der Waals surface area contributed by atoms with Crippen molar-refractivity contribution in [2.75, 3.05) is 20.8 Å². The van der Waals surface area contributed by atoms with Gasteiger partial charge in [0.2, 0.25) is 0 Å². The topological polar surface area (TPSA) is 97.6 Å². The molecule has 7 heteroatoms. The normalized spacial score (nSPS) is 15.3. The van der Waals surface area contributed by atoms with E-state index in [1.165, 1.54) is 26.4 Å². The minimum atomic E-state index is -0.826. The Balaban J connectivity index is 1.90. The van der Waals surface area contributed by atoms with Crippen LogP contribution in [0.3, 0.4) is 0 Å². The number of ether oxygens (including phenoxy) is 3. The van der Waals surface area contributed by atoms with E-state index in [2.05, 4.69) is 11.4 Å². The fraction of sp³-hybridized carbons (Fsp3) is 0.421. The fourth-order valence-corrected chi connectivity index (χ4v) is 2.93. The van der Waals surface area contributed by atoms with Gasteiger partial charge in [0, 0.05) is 11.6 Å². The third kappa shape index (κ3) is 4.76. The van der Waals surface area contributed by atoms with Crippen molar-refractivity contribution in [2.45, 2.75) is 31.2 Å². The van der Waals surface area contributed by atoms with Crippen LogP contribution in [0.2, 0.25) is 0 Å². The van der Waals surface area contributed by atoms with Crippen LogP contribution in [0.25, 0.3) is 6.08 Å². The quantitative estimate of drug-likeness (QED) is 0.593. The van der Waals surface area contributed by atoms with E-state index >= 15 is 0 Å². The first-order valence-corrected chi connectivity index (χ1v) is 8.31. The summed E-state index contributed by atoms with van der Waals surface area (Å²) in [5, 5.41) is 11.9. The first-order chi connectivity index (χ1) is 12.5. The number of hydrogen-bond donors (Lipinski definition) is 1. The van der Waals surface area contributed by atoms with Gasteiger partial charge in [-0.05, 0) is 37.8 Å². The Kier molecular flexibility index (Phi) is 6.61. The molecule has 1 fully saturated rings. The highest BCUT2D eigenvalue weighted by Gasteiger charge is 2.35. The molecule has 0 bridgehead atoms. The molecule has 0 aromatic heterocycles. The molecule has 0 heterocycles. The molecule has 0 saturated heterocycles. The lowest BCUT2D eigenvalue weighted by Crippen LogP contribution is -2.46. The number of methoxy groups -OCH3 is 2. The molecule has 1 aromatic carbocycles. The van der Waals surface area contributed by atoms with Crippen molar-refractivity contribution < 1.29 is 23.8 Å². The number of carbonyl (C=O) groups excluding carboxylic acids is 2. The van der Waals surface area contributed by atoms with Gasteiger partial charge >= 0.3 is 5.97 Å². The van der Waals surface area contributed by atoms with Crippen LogP contribution < -0.4 is 14.8 Å². The summed E-state index contributed by atoms with van der Waals surface area (Å²) in [6.07, 6.45) is 5.78. The van der Waals surface area contributed by atoms with Crippen LogP contribution in [0.15, 0.2) is 24.3 Å². The average Bonchev–Trinajstić information content (AvgIpc) is 3.13. The van der Waals surface area contributed by atoms with Gasteiger partial charge in [0.15, 0.2) is 18.1 Å². The van der Waals surface area contributed by atoms with E-state index in [1.807, 2.05) is 0 Å². The molecular weight excluding hydrogens is 336 g/mol. The zero-order valence-electron chi connectivity index (χ0n) is 14.9. The highest BCUT2D eigenvalue weighted by molar-refractivity contribution is 5.90. The second-order valence-corrected chi connectivity index (χ2v) is 5.97. The fourth-order valence-electron chi connectivity index (χ4n) is 2.93. The maximum absolute atomic E-state index is 11.9. The summed E-state index contributed by atoms with van der Waals surface area (Å²) in [6.45, 7) is -0.429. The Morgan fingerprint density at radius 3 is 2.62 bits per heavy atom. The number of nitrogens with zero attached hydrogens (tertiary/aromatic N) is 1. The first-order valence-electron chi connectivity index (χ1n) is 8.31. The van der Waals surface area contributed by atoms with Crippen LogP contribution in [-0.2, 0) is 14.3 Å². The molecule has 0 atom stereocenters. The standard InChI is InChI=1S/C19H22N2O5/c1-24-15-7-5-6-14(18(15)25-2)8-9-17(23)26-12-16(22)21-19(13-20)10-3-4-11-19/h5-9H,3-4,10-12H2,1-2H3,(H,21,22)/b9-8+. The first kappa shape index (κ1) is 19.3. The summed E-state index contributed by atoms with van der Waals surface area (Å²) in [7, 11) is 3.03. The minimum Gasteiger partial charge on any atom is -0.493 e. The number of hydrogen-bond acceptors (Lipinski definition) is 6. The second kappa shape index (κ2) is 8.90. The van der Waals surface area contributed by atoms with Crippen molar-refractivity contribution in [1.82, 2.24) is 5.32 Å². The van der Waals surface area contributed by atoms with E-state index in [1.54, 1.807) is 18.2 Å². The van der Waals surface area contributed by atoms with Crippen molar-refractivity contribution in [3.05, 3.63) is 29.8 Å². The summed E-state index contributed by atoms with van der Waals surface area (Å²) in [5.74, 6) is -0.105. The molecule has 26 heavy (non-hydrogen) atoms. The highest BCUT2D eigenvalue weighted by atomic mass is 16.5. The van der Waals surface area contributed by atoms with Crippen LogP contribution >= 0.6 is 0 Å². The average molecular weight is 358 g/mol. The highest BCUT2D eigenvalue weighted by Crippen LogP contribution is 2.31.